The Morgan fingerprint density at radius 3 is 2.44 bits per heavy atom. The Kier molecular flexibility index (Phi) is 4.63. The van der Waals surface area contributed by atoms with Gasteiger partial charge in [-0.3, -0.25) is 0 Å². The predicted molar refractivity (Wildman–Crippen MR) is 52.5 cm³/mol. The lowest BCUT2D eigenvalue weighted by molar-refractivity contribution is -0.274. The number of alkyl halides is 5. The maximum atomic E-state index is 12.4. The highest BCUT2D eigenvalue weighted by Crippen LogP contribution is 2.31. The topological polar surface area (TPSA) is 26.3 Å². The van der Waals surface area contributed by atoms with Gasteiger partial charge in [0.15, 0.2) is 0 Å². The van der Waals surface area contributed by atoms with E-state index < -0.39 is 24.1 Å². The van der Waals surface area contributed by atoms with E-state index in [0.29, 0.717) is 12.4 Å². The highest BCUT2D eigenvalue weighted by molar-refractivity contribution is 5.51. The van der Waals surface area contributed by atoms with Gasteiger partial charge in [-0.25, -0.2) is 8.78 Å². The molecule has 2 nitrogen and oxygen atoms in total. The van der Waals surface area contributed by atoms with Crippen molar-refractivity contribution in [1.82, 2.24) is 0 Å². The zero-order valence-electron chi connectivity index (χ0n) is 9.01. The number of ether oxygens (including phenoxy) is 1. The number of hydrogen-bond donors (Lipinski definition) is 0. The van der Waals surface area contributed by atoms with Crippen LogP contribution in [0.15, 0.2) is 18.2 Å². The molecule has 0 atom stereocenters. The SMILES string of the molecule is O=CCCc1ccc(C(F)F)cc1OC(F)(F)F. The fourth-order valence-corrected chi connectivity index (χ4v) is 1.35. The smallest absolute Gasteiger partial charge is 0.405 e. The molecule has 7 heteroatoms. The number of aldehydes is 1. The Bertz CT molecular complexity index is 414. The summed E-state index contributed by atoms with van der Waals surface area (Å²) in [5.41, 5.74) is -0.507. The van der Waals surface area contributed by atoms with Crippen LogP contribution in [0.2, 0.25) is 0 Å². The summed E-state index contributed by atoms with van der Waals surface area (Å²) in [5, 5.41) is 0. The normalized spacial score (nSPS) is 11.7. The maximum absolute atomic E-state index is 12.4. The first-order valence-electron chi connectivity index (χ1n) is 4.94. The monoisotopic (exact) mass is 268 g/mol. The molecule has 0 radical (unpaired) electrons. The van der Waals surface area contributed by atoms with Crippen molar-refractivity contribution in [2.45, 2.75) is 25.6 Å². The van der Waals surface area contributed by atoms with Crippen molar-refractivity contribution in [1.29, 1.82) is 0 Å². The molecule has 0 aliphatic carbocycles. The number of halogens is 5. The zero-order chi connectivity index (χ0) is 13.8. The van der Waals surface area contributed by atoms with Gasteiger partial charge >= 0.3 is 6.36 Å². The molecular formula is C11H9F5O2. The van der Waals surface area contributed by atoms with E-state index in [1.807, 2.05) is 0 Å². The summed E-state index contributed by atoms with van der Waals surface area (Å²) in [7, 11) is 0. The van der Waals surface area contributed by atoms with E-state index in [2.05, 4.69) is 4.74 Å². The first-order chi connectivity index (χ1) is 8.33. The first-order valence-corrected chi connectivity index (χ1v) is 4.94. The summed E-state index contributed by atoms with van der Waals surface area (Å²) in [4.78, 5) is 10.2. The number of hydrogen-bond acceptors (Lipinski definition) is 2. The van der Waals surface area contributed by atoms with Gasteiger partial charge in [-0.2, -0.15) is 0 Å². The highest BCUT2D eigenvalue weighted by atomic mass is 19.4. The first kappa shape index (κ1) is 14.4. The lowest BCUT2D eigenvalue weighted by Gasteiger charge is -2.14. The van der Waals surface area contributed by atoms with E-state index in [1.165, 1.54) is 0 Å². The third-order valence-corrected chi connectivity index (χ3v) is 2.10. The average molecular weight is 268 g/mol. The molecule has 0 aliphatic rings. The van der Waals surface area contributed by atoms with Crippen LogP contribution in [-0.4, -0.2) is 12.6 Å². The molecule has 0 heterocycles. The molecule has 0 spiro atoms. The quantitative estimate of drug-likeness (QED) is 0.601. The second-order valence-corrected chi connectivity index (χ2v) is 3.42. The minimum absolute atomic E-state index is 0.00156. The van der Waals surface area contributed by atoms with Gasteiger partial charge in [0, 0.05) is 12.0 Å². The molecule has 0 bridgehead atoms. The summed E-state index contributed by atoms with van der Waals surface area (Å²) in [5.74, 6) is -0.692. The molecule has 0 saturated carbocycles. The van der Waals surface area contributed by atoms with E-state index in [9.17, 15) is 26.7 Å². The van der Waals surface area contributed by atoms with Gasteiger partial charge in [0.2, 0.25) is 0 Å². The molecule has 18 heavy (non-hydrogen) atoms. The van der Waals surface area contributed by atoms with E-state index in [-0.39, 0.29) is 18.4 Å². The van der Waals surface area contributed by atoms with Crippen molar-refractivity contribution in [2.24, 2.45) is 0 Å². The Balaban J connectivity index is 3.05. The van der Waals surface area contributed by atoms with Crippen molar-refractivity contribution >= 4 is 6.29 Å². The third-order valence-electron chi connectivity index (χ3n) is 2.10. The lowest BCUT2D eigenvalue weighted by Crippen LogP contribution is -2.18. The molecule has 0 saturated heterocycles. The third kappa shape index (κ3) is 4.31. The highest BCUT2D eigenvalue weighted by Gasteiger charge is 2.32. The van der Waals surface area contributed by atoms with Crippen molar-refractivity contribution < 1.29 is 31.5 Å². The second-order valence-electron chi connectivity index (χ2n) is 3.42. The molecule has 0 aliphatic heterocycles. The van der Waals surface area contributed by atoms with Crippen LogP contribution in [0.25, 0.3) is 0 Å². The standard InChI is InChI=1S/C11H9F5O2/c12-10(13)8-4-3-7(2-1-5-17)9(6-8)18-11(14,15)16/h3-6,10H,1-2H2. The fourth-order valence-electron chi connectivity index (χ4n) is 1.35. The molecule has 0 unspecified atom stereocenters. The molecule has 0 amide bonds. The maximum Gasteiger partial charge on any atom is 0.573 e. The molecule has 0 aromatic heterocycles. The van der Waals surface area contributed by atoms with Crippen molar-refractivity contribution in [3.8, 4) is 5.75 Å². The summed E-state index contributed by atoms with van der Waals surface area (Å²) < 4.78 is 64.7. The van der Waals surface area contributed by atoms with Crippen LogP contribution < -0.4 is 4.74 Å². The molecule has 100 valence electrons. The number of carbonyl (C=O) groups excluding carboxylic acids is 1. The number of carbonyl (C=O) groups is 1. The molecule has 1 aromatic carbocycles. The van der Waals surface area contributed by atoms with Crippen molar-refractivity contribution in [3.63, 3.8) is 0 Å². The summed E-state index contributed by atoms with van der Waals surface area (Å²) in [6, 6.07) is 2.75. The van der Waals surface area contributed by atoms with Crippen LogP contribution in [0.3, 0.4) is 0 Å². The van der Waals surface area contributed by atoms with Crippen LogP contribution >= 0.6 is 0 Å². The Morgan fingerprint density at radius 1 is 1.28 bits per heavy atom. The van der Waals surface area contributed by atoms with E-state index in [0.717, 1.165) is 12.1 Å². The van der Waals surface area contributed by atoms with Gasteiger partial charge in [-0.05, 0) is 18.1 Å². The van der Waals surface area contributed by atoms with Gasteiger partial charge in [-0.15, -0.1) is 13.2 Å². The molecule has 0 fully saturated rings. The molecule has 1 aromatic rings. The number of rotatable bonds is 5. The van der Waals surface area contributed by atoms with Crippen LogP contribution in [0.4, 0.5) is 22.0 Å². The van der Waals surface area contributed by atoms with Gasteiger partial charge in [0.1, 0.15) is 12.0 Å². The van der Waals surface area contributed by atoms with Crippen LogP contribution in [0, 0.1) is 0 Å². The Hall–Kier alpha value is -1.66. The number of benzene rings is 1. The second kappa shape index (κ2) is 5.79. The zero-order valence-corrected chi connectivity index (χ0v) is 9.01. The summed E-state index contributed by atoms with van der Waals surface area (Å²) in [6.07, 6.45) is -7.34. The average Bonchev–Trinajstić information content (AvgIpc) is 2.25. The van der Waals surface area contributed by atoms with E-state index >= 15 is 0 Å². The van der Waals surface area contributed by atoms with Gasteiger partial charge in [0.05, 0.1) is 0 Å². The van der Waals surface area contributed by atoms with Crippen molar-refractivity contribution in [3.05, 3.63) is 29.3 Å². The van der Waals surface area contributed by atoms with E-state index in [4.69, 9.17) is 0 Å². The summed E-state index contributed by atoms with van der Waals surface area (Å²) in [6.45, 7) is 0. The summed E-state index contributed by atoms with van der Waals surface area (Å²) >= 11 is 0. The van der Waals surface area contributed by atoms with Gasteiger partial charge in [0.25, 0.3) is 6.43 Å². The van der Waals surface area contributed by atoms with E-state index in [1.54, 1.807) is 0 Å². The van der Waals surface area contributed by atoms with Crippen LogP contribution in [0.1, 0.15) is 24.0 Å². The number of aryl methyl sites for hydroxylation is 1. The van der Waals surface area contributed by atoms with Gasteiger partial charge in [-0.1, -0.05) is 12.1 Å². The van der Waals surface area contributed by atoms with Crippen LogP contribution in [-0.2, 0) is 11.2 Å². The largest absolute Gasteiger partial charge is 0.573 e. The minimum Gasteiger partial charge on any atom is -0.405 e. The lowest BCUT2D eigenvalue weighted by atomic mass is 10.1. The fraction of sp³-hybridized carbons (Fsp3) is 0.364. The predicted octanol–water partition coefficient (Wildman–Crippen LogP) is 3.65. The minimum atomic E-state index is -4.96. The molecular weight excluding hydrogens is 259 g/mol. The van der Waals surface area contributed by atoms with Gasteiger partial charge < -0.3 is 9.53 Å². The molecule has 0 N–H and O–H groups in total. The van der Waals surface area contributed by atoms with Crippen LogP contribution in [0.5, 0.6) is 5.75 Å². The molecule has 1 rings (SSSR count). The Morgan fingerprint density at radius 2 is 1.94 bits per heavy atom. The Labute approximate surface area is 99.4 Å². The van der Waals surface area contributed by atoms with Crippen molar-refractivity contribution in [2.75, 3.05) is 0 Å².